The molecule has 0 radical (unpaired) electrons. The molecule has 0 N–H and O–H groups in total. The average molecular weight is 266 g/mol. The molecule has 1 aliphatic rings. The number of carbonyl (C=O) groups is 1. The van der Waals surface area contributed by atoms with Crippen molar-refractivity contribution in [2.75, 3.05) is 20.2 Å². The summed E-state index contributed by atoms with van der Waals surface area (Å²) in [6.45, 7) is 6.11. The molecule has 0 saturated carbocycles. The first-order chi connectivity index (χ1) is 9.10. The Kier molecular flexibility index (Phi) is 4.45. The van der Waals surface area contributed by atoms with Gasteiger partial charge >= 0.3 is 0 Å². The highest BCUT2D eigenvalue weighted by Crippen LogP contribution is 2.25. The maximum atomic E-state index is 12.2. The molecule has 0 atom stereocenters. The number of methoxy groups -OCH3 is 1. The Morgan fingerprint density at radius 3 is 2.74 bits per heavy atom. The average Bonchev–Trinajstić information content (AvgIpc) is 2.87. The zero-order chi connectivity index (χ0) is 13.8. The van der Waals surface area contributed by atoms with Crippen LogP contribution in [0.15, 0.2) is 10.6 Å². The lowest BCUT2D eigenvalue weighted by Gasteiger charge is -2.32. The van der Waals surface area contributed by atoms with Crippen LogP contribution in [0.25, 0.3) is 0 Å². The number of amides is 1. The van der Waals surface area contributed by atoms with Crippen LogP contribution in [0.2, 0.25) is 0 Å². The third-order valence-electron chi connectivity index (χ3n) is 3.61. The van der Waals surface area contributed by atoms with Gasteiger partial charge in [0.1, 0.15) is 0 Å². The lowest BCUT2D eigenvalue weighted by atomic mass is 9.88. The van der Waals surface area contributed by atoms with Crippen LogP contribution < -0.4 is 4.74 Å². The van der Waals surface area contributed by atoms with Gasteiger partial charge in [-0.15, -0.1) is 0 Å². The minimum atomic E-state index is -0.0844. The fraction of sp³-hybridized carbons (Fsp3) is 0.714. The number of likely N-dealkylation sites (tertiary alicyclic amines) is 1. The number of hydrogen-bond acceptors (Lipinski definition) is 4. The zero-order valence-electron chi connectivity index (χ0n) is 11.9. The summed E-state index contributed by atoms with van der Waals surface area (Å²) in [5.74, 6) is 2.00. The molecule has 5 heteroatoms. The van der Waals surface area contributed by atoms with Gasteiger partial charge in [0.2, 0.25) is 5.76 Å². The fourth-order valence-electron chi connectivity index (χ4n) is 2.65. The zero-order valence-corrected chi connectivity index (χ0v) is 11.9. The van der Waals surface area contributed by atoms with Crippen LogP contribution in [-0.2, 0) is 0 Å². The van der Waals surface area contributed by atoms with Crippen LogP contribution >= 0.6 is 0 Å². The van der Waals surface area contributed by atoms with Gasteiger partial charge in [-0.05, 0) is 36.3 Å². The molecule has 0 aromatic carbocycles. The first-order valence-corrected chi connectivity index (χ1v) is 6.90. The quantitative estimate of drug-likeness (QED) is 0.840. The van der Waals surface area contributed by atoms with Crippen molar-refractivity contribution >= 4 is 5.91 Å². The van der Waals surface area contributed by atoms with Gasteiger partial charge in [0.25, 0.3) is 11.8 Å². The molecule has 2 rings (SSSR count). The molecule has 1 saturated heterocycles. The summed E-state index contributed by atoms with van der Waals surface area (Å²) < 4.78 is 9.91. The van der Waals surface area contributed by atoms with Crippen LogP contribution in [0, 0.1) is 11.8 Å². The Hall–Kier alpha value is -1.52. The number of hydrogen-bond donors (Lipinski definition) is 0. The molecule has 5 nitrogen and oxygen atoms in total. The highest BCUT2D eigenvalue weighted by atomic mass is 16.5. The molecule has 1 amide bonds. The van der Waals surface area contributed by atoms with Gasteiger partial charge in [-0.3, -0.25) is 4.79 Å². The van der Waals surface area contributed by atoms with Crippen molar-refractivity contribution in [2.24, 2.45) is 11.8 Å². The molecule has 19 heavy (non-hydrogen) atoms. The number of piperidine rings is 1. The summed E-state index contributed by atoms with van der Waals surface area (Å²) >= 11 is 0. The minimum Gasteiger partial charge on any atom is -0.479 e. The summed E-state index contributed by atoms with van der Waals surface area (Å²) in [4.78, 5) is 14.0. The van der Waals surface area contributed by atoms with E-state index in [2.05, 4.69) is 19.0 Å². The Labute approximate surface area is 113 Å². The monoisotopic (exact) mass is 266 g/mol. The summed E-state index contributed by atoms with van der Waals surface area (Å²) in [5.41, 5.74) is 0. The Balaban J connectivity index is 1.88. The number of carbonyl (C=O) groups excluding carboxylic acids is 1. The number of ether oxygens (including phenoxy) is 1. The maximum Gasteiger partial charge on any atom is 0.292 e. The van der Waals surface area contributed by atoms with E-state index in [1.165, 1.54) is 13.5 Å². The predicted molar refractivity (Wildman–Crippen MR) is 71.1 cm³/mol. The topological polar surface area (TPSA) is 55.6 Å². The van der Waals surface area contributed by atoms with Crippen molar-refractivity contribution in [1.82, 2.24) is 10.1 Å². The second kappa shape index (κ2) is 6.08. The van der Waals surface area contributed by atoms with E-state index in [9.17, 15) is 4.79 Å². The molecule has 1 fully saturated rings. The number of aromatic nitrogens is 1. The highest BCUT2D eigenvalue weighted by molar-refractivity contribution is 5.91. The van der Waals surface area contributed by atoms with E-state index in [-0.39, 0.29) is 11.7 Å². The van der Waals surface area contributed by atoms with E-state index in [0.717, 1.165) is 37.8 Å². The first-order valence-electron chi connectivity index (χ1n) is 6.90. The van der Waals surface area contributed by atoms with E-state index in [1.807, 2.05) is 4.90 Å². The van der Waals surface area contributed by atoms with Crippen molar-refractivity contribution < 1.29 is 14.1 Å². The van der Waals surface area contributed by atoms with Crippen molar-refractivity contribution in [3.63, 3.8) is 0 Å². The Morgan fingerprint density at radius 2 is 2.21 bits per heavy atom. The summed E-state index contributed by atoms with van der Waals surface area (Å²) in [6, 6.07) is 1.54. The maximum absolute atomic E-state index is 12.2. The largest absolute Gasteiger partial charge is 0.479 e. The van der Waals surface area contributed by atoms with Gasteiger partial charge < -0.3 is 14.2 Å². The van der Waals surface area contributed by atoms with E-state index in [4.69, 9.17) is 9.26 Å². The van der Waals surface area contributed by atoms with E-state index < -0.39 is 0 Å². The molecule has 0 bridgehead atoms. The molecule has 1 aliphatic heterocycles. The molecular formula is C14H22N2O3. The normalized spacial score (nSPS) is 16.9. The number of rotatable bonds is 4. The smallest absolute Gasteiger partial charge is 0.292 e. The van der Waals surface area contributed by atoms with Crippen LogP contribution in [-0.4, -0.2) is 36.2 Å². The standard InChI is InChI=1S/C14H22N2O3/c1-10(2)8-11-4-6-16(7-5-11)14(17)12-9-13(18-3)15-19-12/h9-11H,4-8H2,1-3H3. The van der Waals surface area contributed by atoms with Gasteiger partial charge in [0.05, 0.1) is 13.2 Å². The molecule has 0 spiro atoms. The summed E-state index contributed by atoms with van der Waals surface area (Å²) in [7, 11) is 1.50. The van der Waals surface area contributed by atoms with E-state index in [1.54, 1.807) is 6.07 Å². The van der Waals surface area contributed by atoms with Gasteiger partial charge in [-0.1, -0.05) is 13.8 Å². The second-order valence-electron chi connectivity index (χ2n) is 5.60. The minimum absolute atomic E-state index is 0.0844. The lowest BCUT2D eigenvalue weighted by molar-refractivity contribution is 0.0639. The van der Waals surface area contributed by atoms with Crippen molar-refractivity contribution in [1.29, 1.82) is 0 Å². The molecule has 1 aromatic heterocycles. The van der Waals surface area contributed by atoms with E-state index in [0.29, 0.717) is 5.88 Å². The van der Waals surface area contributed by atoms with Gasteiger partial charge in [-0.2, -0.15) is 0 Å². The van der Waals surface area contributed by atoms with Crippen LogP contribution in [0.4, 0.5) is 0 Å². The Morgan fingerprint density at radius 1 is 1.53 bits per heavy atom. The lowest BCUT2D eigenvalue weighted by Crippen LogP contribution is -2.38. The molecular weight excluding hydrogens is 244 g/mol. The van der Waals surface area contributed by atoms with Crippen molar-refractivity contribution in [2.45, 2.75) is 33.1 Å². The van der Waals surface area contributed by atoms with E-state index >= 15 is 0 Å². The third-order valence-corrected chi connectivity index (χ3v) is 3.61. The molecule has 0 unspecified atom stereocenters. The molecule has 2 heterocycles. The van der Waals surface area contributed by atoms with Crippen molar-refractivity contribution in [3.8, 4) is 5.88 Å². The van der Waals surface area contributed by atoms with Gasteiger partial charge in [-0.25, -0.2) is 0 Å². The van der Waals surface area contributed by atoms with Gasteiger partial charge in [0.15, 0.2) is 0 Å². The fourth-order valence-corrected chi connectivity index (χ4v) is 2.65. The van der Waals surface area contributed by atoms with Crippen LogP contribution in [0.1, 0.15) is 43.7 Å². The SMILES string of the molecule is COc1cc(C(=O)N2CCC(CC(C)C)CC2)on1. The number of nitrogens with zero attached hydrogens (tertiary/aromatic N) is 2. The first kappa shape index (κ1) is 13.9. The second-order valence-corrected chi connectivity index (χ2v) is 5.60. The summed E-state index contributed by atoms with van der Waals surface area (Å²) in [6.07, 6.45) is 3.41. The van der Waals surface area contributed by atoms with Crippen LogP contribution in [0.5, 0.6) is 5.88 Å². The molecule has 0 aliphatic carbocycles. The third kappa shape index (κ3) is 3.49. The molecule has 106 valence electrons. The summed E-state index contributed by atoms with van der Waals surface area (Å²) in [5, 5.41) is 3.66. The van der Waals surface area contributed by atoms with Crippen molar-refractivity contribution in [3.05, 3.63) is 11.8 Å². The van der Waals surface area contributed by atoms with Gasteiger partial charge in [0, 0.05) is 13.1 Å². The molecule has 1 aromatic rings. The Bertz CT molecular complexity index is 420. The predicted octanol–water partition coefficient (Wildman–Crippen LogP) is 2.58. The highest BCUT2D eigenvalue weighted by Gasteiger charge is 2.26. The van der Waals surface area contributed by atoms with Crippen LogP contribution in [0.3, 0.4) is 0 Å².